The third kappa shape index (κ3) is 4.55. The average Bonchev–Trinajstić information content (AvgIpc) is 2.58. The summed E-state index contributed by atoms with van der Waals surface area (Å²) in [7, 11) is 0. The zero-order valence-corrected chi connectivity index (χ0v) is 9.84. The molecule has 0 unspecified atom stereocenters. The van der Waals surface area contributed by atoms with Crippen LogP contribution in [0.2, 0.25) is 0 Å². The number of hydrogen-bond acceptors (Lipinski definition) is 5. The van der Waals surface area contributed by atoms with E-state index >= 15 is 0 Å². The molecule has 5 heteroatoms. The molecule has 4 nitrogen and oxygen atoms in total. The quantitative estimate of drug-likeness (QED) is 0.679. The molecule has 0 N–H and O–H groups in total. The molecule has 2 atom stereocenters. The zero-order chi connectivity index (χ0) is 11.3. The van der Waals surface area contributed by atoms with Crippen molar-refractivity contribution in [3.05, 3.63) is 0 Å². The number of ether oxygens (including phenoxy) is 2. The lowest BCUT2D eigenvalue weighted by molar-refractivity contribution is -0.146. The second kappa shape index (κ2) is 6.00. The van der Waals surface area contributed by atoms with Crippen LogP contribution >= 0.6 is 11.8 Å². The van der Waals surface area contributed by atoms with E-state index in [0.717, 1.165) is 11.5 Å². The maximum atomic E-state index is 10.7. The van der Waals surface area contributed by atoms with Crippen LogP contribution in [0.5, 0.6) is 0 Å². The van der Waals surface area contributed by atoms with E-state index < -0.39 is 0 Å². The highest BCUT2D eigenvalue weighted by atomic mass is 32.2. The molecule has 0 aromatic carbocycles. The van der Waals surface area contributed by atoms with Gasteiger partial charge in [-0.15, -0.1) is 0 Å². The van der Waals surface area contributed by atoms with Crippen molar-refractivity contribution in [3.63, 3.8) is 0 Å². The van der Waals surface area contributed by atoms with E-state index in [1.807, 2.05) is 11.8 Å². The largest absolute Gasteiger partial charge is 0.466 e. The summed E-state index contributed by atoms with van der Waals surface area (Å²) in [6, 6.07) is 0. The first-order chi connectivity index (χ1) is 7.09. The van der Waals surface area contributed by atoms with Gasteiger partial charge in [0.05, 0.1) is 13.2 Å². The highest BCUT2D eigenvalue weighted by molar-refractivity contribution is 7.99. The molecule has 0 aliphatic carbocycles. The van der Waals surface area contributed by atoms with Crippen LogP contribution in [0.15, 0.2) is 0 Å². The SMILES string of the molecule is CC(=O)OC[C@H]1CSC[C@@H]1COC(C)=O. The lowest BCUT2D eigenvalue weighted by Crippen LogP contribution is -2.24. The zero-order valence-electron chi connectivity index (χ0n) is 9.02. The summed E-state index contributed by atoms with van der Waals surface area (Å²) in [5.41, 5.74) is 0. The van der Waals surface area contributed by atoms with Gasteiger partial charge in [0, 0.05) is 25.7 Å². The molecule has 86 valence electrons. The van der Waals surface area contributed by atoms with Gasteiger partial charge >= 0.3 is 11.9 Å². The number of rotatable bonds is 4. The molecular formula is C10H16O4S. The fourth-order valence-electron chi connectivity index (χ4n) is 1.46. The van der Waals surface area contributed by atoms with Crippen LogP contribution in [0.1, 0.15) is 13.8 Å². The molecule has 0 aromatic rings. The molecule has 1 heterocycles. The highest BCUT2D eigenvalue weighted by Gasteiger charge is 2.29. The van der Waals surface area contributed by atoms with Crippen LogP contribution < -0.4 is 0 Å². The van der Waals surface area contributed by atoms with Gasteiger partial charge in [0.25, 0.3) is 0 Å². The van der Waals surface area contributed by atoms with Gasteiger partial charge in [-0.25, -0.2) is 0 Å². The van der Waals surface area contributed by atoms with Gasteiger partial charge in [0.2, 0.25) is 0 Å². The van der Waals surface area contributed by atoms with E-state index in [-0.39, 0.29) is 11.9 Å². The summed E-state index contributed by atoms with van der Waals surface area (Å²) in [6.45, 7) is 3.69. The summed E-state index contributed by atoms with van der Waals surface area (Å²) in [4.78, 5) is 21.3. The predicted octanol–water partition coefficient (Wildman–Crippen LogP) is 1.09. The van der Waals surface area contributed by atoms with E-state index in [4.69, 9.17) is 9.47 Å². The molecule has 0 radical (unpaired) electrons. The Bertz CT molecular complexity index is 218. The van der Waals surface area contributed by atoms with Crippen molar-refractivity contribution in [2.45, 2.75) is 13.8 Å². The summed E-state index contributed by atoms with van der Waals surface area (Å²) in [5, 5.41) is 0. The van der Waals surface area contributed by atoms with Crippen LogP contribution in [0.4, 0.5) is 0 Å². The van der Waals surface area contributed by atoms with E-state index in [1.54, 1.807) is 0 Å². The van der Waals surface area contributed by atoms with E-state index in [2.05, 4.69) is 0 Å². The van der Waals surface area contributed by atoms with Crippen LogP contribution in [0.3, 0.4) is 0 Å². The Hall–Kier alpha value is -0.710. The third-order valence-corrected chi connectivity index (χ3v) is 3.66. The third-order valence-electron chi connectivity index (χ3n) is 2.33. The van der Waals surface area contributed by atoms with Gasteiger partial charge in [-0.3, -0.25) is 9.59 Å². The Morgan fingerprint density at radius 3 is 1.80 bits per heavy atom. The van der Waals surface area contributed by atoms with Gasteiger partial charge in [-0.05, 0) is 11.5 Å². The smallest absolute Gasteiger partial charge is 0.302 e. The molecule has 1 rings (SSSR count). The van der Waals surface area contributed by atoms with Gasteiger partial charge in [-0.2, -0.15) is 11.8 Å². The Labute approximate surface area is 93.7 Å². The van der Waals surface area contributed by atoms with E-state index in [1.165, 1.54) is 13.8 Å². The molecule has 1 aliphatic rings. The first-order valence-corrected chi connectivity index (χ1v) is 6.09. The van der Waals surface area contributed by atoms with Crippen molar-refractivity contribution < 1.29 is 19.1 Å². The molecule has 15 heavy (non-hydrogen) atoms. The lowest BCUT2D eigenvalue weighted by atomic mass is 9.98. The summed E-state index contributed by atoms with van der Waals surface area (Å²) >= 11 is 1.81. The first-order valence-electron chi connectivity index (χ1n) is 4.94. The van der Waals surface area contributed by atoms with Gasteiger partial charge < -0.3 is 9.47 Å². The molecule has 1 saturated heterocycles. The molecule has 0 amide bonds. The Balaban J connectivity index is 2.29. The van der Waals surface area contributed by atoms with Crippen LogP contribution in [0.25, 0.3) is 0 Å². The number of hydrogen-bond donors (Lipinski definition) is 0. The van der Waals surface area contributed by atoms with Crippen LogP contribution in [0, 0.1) is 11.8 Å². The van der Waals surface area contributed by atoms with Crippen molar-refractivity contribution in [2.75, 3.05) is 24.7 Å². The molecule has 0 saturated carbocycles. The molecule has 0 aromatic heterocycles. The van der Waals surface area contributed by atoms with Crippen molar-refractivity contribution in [3.8, 4) is 0 Å². The minimum absolute atomic E-state index is 0.252. The Morgan fingerprint density at radius 2 is 1.47 bits per heavy atom. The maximum Gasteiger partial charge on any atom is 0.302 e. The molecule has 0 spiro atoms. The molecule has 0 bridgehead atoms. The average molecular weight is 232 g/mol. The maximum absolute atomic E-state index is 10.7. The number of carbonyl (C=O) groups excluding carboxylic acids is 2. The van der Waals surface area contributed by atoms with Crippen molar-refractivity contribution in [2.24, 2.45) is 11.8 Å². The Morgan fingerprint density at radius 1 is 1.07 bits per heavy atom. The number of carbonyl (C=O) groups is 2. The lowest BCUT2D eigenvalue weighted by Gasteiger charge is -2.17. The van der Waals surface area contributed by atoms with E-state index in [9.17, 15) is 9.59 Å². The minimum Gasteiger partial charge on any atom is -0.466 e. The minimum atomic E-state index is -0.252. The fourth-order valence-corrected chi connectivity index (χ4v) is 2.94. The second-order valence-corrected chi connectivity index (χ2v) is 4.74. The monoisotopic (exact) mass is 232 g/mol. The second-order valence-electron chi connectivity index (χ2n) is 3.66. The Kier molecular flexibility index (Phi) is 4.94. The normalized spacial score (nSPS) is 24.9. The summed E-state index contributed by atoms with van der Waals surface area (Å²) in [5.74, 6) is 2.08. The van der Waals surface area contributed by atoms with Crippen molar-refractivity contribution in [1.82, 2.24) is 0 Å². The number of esters is 2. The molecular weight excluding hydrogens is 216 g/mol. The summed E-state index contributed by atoms with van der Waals surface area (Å²) in [6.07, 6.45) is 0. The first kappa shape index (κ1) is 12.4. The fraction of sp³-hybridized carbons (Fsp3) is 0.800. The predicted molar refractivity (Wildman–Crippen MR) is 57.6 cm³/mol. The number of thioether (sulfide) groups is 1. The summed E-state index contributed by atoms with van der Waals surface area (Å²) < 4.78 is 9.94. The van der Waals surface area contributed by atoms with Crippen molar-refractivity contribution >= 4 is 23.7 Å². The van der Waals surface area contributed by atoms with Gasteiger partial charge in [0.1, 0.15) is 0 Å². The van der Waals surface area contributed by atoms with Crippen LogP contribution in [-0.2, 0) is 19.1 Å². The topological polar surface area (TPSA) is 52.6 Å². The molecule has 1 fully saturated rings. The van der Waals surface area contributed by atoms with Crippen LogP contribution in [-0.4, -0.2) is 36.7 Å². The molecule has 1 aliphatic heterocycles. The van der Waals surface area contributed by atoms with Crippen molar-refractivity contribution in [1.29, 1.82) is 0 Å². The highest BCUT2D eigenvalue weighted by Crippen LogP contribution is 2.30. The van der Waals surface area contributed by atoms with Gasteiger partial charge in [0.15, 0.2) is 0 Å². The van der Waals surface area contributed by atoms with Gasteiger partial charge in [-0.1, -0.05) is 0 Å². The standard InChI is InChI=1S/C10H16O4S/c1-7(11)13-3-9-5-15-6-10(9)4-14-8(2)12/h9-10H,3-6H2,1-2H3/t9-,10-/m0/s1. The van der Waals surface area contributed by atoms with E-state index in [0.29, 0.717) is 25.0 Å².